The van der Waals surface area contributed by atoms with Crippen LogP contribution in [0.4, 0.5) is 11.4 Å². The summed E-state index contributed by atoms with van der Waals surface area (Å²) in [5, 5.41) is 8.41. The van der Waals surface area contributed by atoms with Gasteiger partial charge in [0.25, 0.3) is 5.91 Å². The fourth-order valence-electron chi connectivity index (χ4n) is 2.72. The number of rotatable bonds is 8. The molecule has 0 fully saturated rings. The summed E-state index contributed by atoms with van der Waals surface area (Å²) >= 11 is 5.20. The predicted molar refractivity (Wildman–Crippen MR) is 128 cm³/mol. The number of nitrogens with one attached hydrogen (secondary N) is 3. The maximum Gasteiger partial charge on any atom is 0.257 e. The average molecular weight is 450 g/mol. The summed E-state index contributed by atoms with van der Waals surface area (Å²) in [5.74, 6) is 0.941. The van der Waals surface area contributed by atoms with Gasteiger partial charge in [0.05, 0.1) is 0 Å². The Bertz CT molecular complexity index is 1050. The predicted octanol–water partition coefficient (Wildman–Crippen LogP) is 4.23. The SMILES string of the molecule is CC(=O)Nc1ccc(NC(=S)NC(=O)c2ccc(OCCOc3ccccc3)cc2)cc1. The van der Waals surface area contributed by atoms with Crippen LogP contribution in [0.25, 0.3) is 0 Å². The molecular weight excluding hydrogens is 426 g/mol. The van der Waals surface area contributed by atoms with Gasteiger partial charge >= 0.3 is 0 Å². The molecule has 32 heavy (non-hydrogen) atoms. The Labute approximate surface area is 191 Å². The van der Waals surface area contributed by atoms with Crippen molar-refractivity contribution in [3.63, 3.8) is 0 Å². The van der Waals surface area contributed by atoms with Crippen molar-refractivity contribution >= 4 is 40.5 Å². The van der Waals surface area contributed by atoms with Crippen molar-refractivity contribution in [2.45, 2.75) is 6.92 Å². The van der Waals surface area contributed by atoms with Gasteiger partial charge in [0.2, 0.25) is 5.91 Å². The van der Waals surface area contributed by atoms with Gasteiger partial charge in [-0.25, -0.2) is 0 Å². The summed E-state index contributed by atoms with van der Waals surface area (Å²) in [6.07, 6.45) is 0. The molecule has 164 valence electrons. The van der Waals surface area contributed by atoms with Crippen LogP contribution in [0.15, 0.2) is 78.9 Å². The fraction of sp³-hybridized carbons (Fsp3) is 0.125. The number of hydrogen-bond donors (Lipinski definition) is 3. The molecule has 3 rings (SSSR count). The molecule has 3 aromatic carbocycles. The molecule has 0 aromatic heterocycles. The van der Waals surface area contributed by atoms with E-state index in [4.69, 9.17) is 21.7 Å². The van der Waals surface area contributed by atoms with E-state index < -0.39 is 0 Å². The Kier molecular flexibility index (Phi) is 8.16. The lowest BCUT2D eigenvalue weighted by Crippen LogP contribution is -2.34. The number of anilines is 2. The quantitative estimate of drug-likeness (QED) is 0.352. The van der Waals surface area contributed by atoms with Crippen LogP contribution in [-0.2, 0) is 4.79 Å². The van der Waals surface area contributed by atoms with E-state index in [0.717, 1.165) is 5.75 Å². The van der Waals surface area contributed by atoms with Gasteiger partial charge in [-0.3, -0.25) is 14.9 Å². The molecule has 0 radical (unpaired) electrons. The van der Waals surface area contributed by atoms with Gasteiger partial charge in [-0.1, -0.05) is 18.2 Å². The molecule has 0 heterocycles. The lowest BCUT2D eigenvalue weighted by molar-refractivity contribution is -0.114. The molecule has 7 nitrogen and oxygen atoms in total. The zero-order valence-electron chi connectivity index (χ0n) is 17.5. The number of amides is 2. The lowest BCUT2D eigenvalue weighted by Gasteiger charge is -2.11. The number of carbonyl (C=O) groups is 2. The van der Waals surface area contributed by atoms with Crippen molar-refractivity contribution in [1.29, 1.82) is 0 Å². The van der Waals surface area contributed by atoms with Crippen LogP contribution >= 0.6 is 12.2 Å². The second-order valence-corrected chi connectivity index (χ2v) is 7.11. The van der Waals surface area contributed by atoms with Gasteiger partial charge in [-0.05, 0) is 72.9 Å². The second-order valence-electron chi connectivity index (χ2n) is 6.70. The molecular formula is C24H23N3O4S. The number of hydrogen-bond acceptors (Lipinski definition) is 5. The first-order valence-corrected chi connectivity index (χ1v) is 10.3. The highest BCUT2D eigenvalue weighted by molar-refractivity contribution is 7.80. The Morgan fingerprint density at radius 2 is 1.28 bits per heavy atom. The highest BCUT2D eigenvalue weighted by Gasteiger charge is 2.08. The van der Waals surface area contributed by atoms with Crippen molar-refractivity contribution in [3.8, 4) is 11.5 Å². The molecule has 0 saturated heterocycles. The highest BCUT2D eigenvalue weighted by atomic mass is 32.1. The van der Waals surface area contributed by atoms with Crippen LogP contribution < -0.4 is 25.4 Å². The first kappa shape index (κ1) is 22.8. The van der Waals surface area contributed by atoms with Crippen molar-refractivity contribution in [2.24, 2.45) is 0 Å². The zero-order valence-corrected chi connectivity index (χ0v) is 18.3. The minimum atomic E-state index is -0.337. The van der Waals surface area contributed by atoms with Crippen molar-refractivity contribution < 1.29 is 19.1 Å². The van der Waals surface area contributed by atoms with Crippen LogP contribution in [0.5, 0.6) is 11.5 Å². The molecule has 0 aliphatic heterocycles. The van der Waals surface area contributed by atoms with Crippen LogP contribution in [0.2, 0.25) is 0 Å². The molecule has 3 aromatic rings. The van der Waals surface area contributed by atoms with E-state index in [1.54, 1.807) is 48.5 Å². The van der Waals surface area contributed by atoms with Crippen molar-refractivity contribution in [3.05, 3.63) is 84.4 Å². The van der Waals surface area contributed by atoms with E-state index in [9.17, 15) is 9.59 Å². The largest absolute Gasteiger partial charge is 0.490 e. The molecule has 0 aliphatic rings. The third-order valence-corrected chi connectivity index (χ3v) is 4.37. The minimum Gasteiger partial charge on any atom is -0.490 e. The van der Waals surface area contributed by atoms with E-state index in [1.165, 1.54) is 6.92 Å². The lowest BCUT2D eigenvalue weighted by atomic mass is 10.2. The molecule has 8 heteroatoms. The summed E-state index contributed by atoms with van der Waals surface area (Å²) < 4.78 is 11.2. The van der Waals surface area contributed by atoms with Crippen molar-refractivity contribution in [1.82, 2.24) is 5.32 Å². The smallest absolute Gasteiger partial charge is 0.257 e. The summed E-state index contributed by atoms with van der Waals surface area (Å²) in [7, 11) is 0. The third kappa shape index (κ3) is 7.41. The Hall–Kier alpha value is -3.91. The van der Waals surface area contributed by atoms with Gasteiger partial charge in [0.1, 0.15) is 24.7 Å². The second kappa shape index (κ2) is 11.5. The highest BCUT2D eigenvalue weighted by Crippen LogP contribution is 2.15. The third-order valence-electron chi connectivity index (χ3n) is 4.17. The topological polar surface area (TPSA) is 88.7 Å². The number of thiocarbonyl (C=S) groups is 1. The molecule has 0 spiro atoms. The van der Waals surface area contributed by atoms with E-state index in [1.807, 2.05) is 30.3 Å². The van der Waals surface area contributed by atoms with E-state index in [0.29, 0.717) is 35.9 Å². The molecule has 0 saturated carbocycles. The maximum absolute atomic E-state index is 12.4. The fourth-order valence-corrected chi connectivity index (χ4v) is 2.93. The number of para-hydroxylation sites is 1. The minimum absolute atomic E-state index is 0.148. The monoisotopic (exact) mass is 449 g/mol. The molecule has 0 unspecified atom stereocenters. The van der Waals surface area contributed by atoms with Gasteiger partial charge in [-0.15, -0.1) is 0 Å². The van der Waals surface area contributed by atoms with Crippen LogP contribution in [0.3, 0.4) is 0 Å². The Morgan fingerprint density at radius 3 is 1.84 bits per heavy atom. The average Bonchev–Trinajstić information content (AvgIpc) is 2.79. The zero-order chi connectivity index (χ0) is 22.8. The van der Waals surface area contributed by atoms with E-state index in [2.05, 4.69) is 16.0 Å². The maximum atomic E-state index is 12.4. The van der Waals surface area contributed by atoms with Crippen LogP contribution in [-0.4, -0.2) is 30.1 Å². The normalized spacial score (nSPS) is 10.0. The van der Waals surface area contributed by atoms with E-state index in [-0.39, 0.29) is 16.9 Å². The van der Waals surface area contributed by atoms with Gasteiger partial charge in [0, 0.05) is 23.9 Å². The Morgan fingerprint density at radius 1 is 0.750 bits per heavy atom. The van der Waals surface area contributed by atoms with Gasteiger partial charge in [-0.2, -0.15) is 0 Å². The summed E-state index contributed by atoms with van der Waals surface area (Å²) in [6.45, 7) is 2.24. The summed E-state index contributed by atoms with van der Waals surface area (Å²) in [4.78, 5) is 23.5. The number of carbonyl (C=O) groups excluding carboxylic acids is 2. The Balaban J connectivity index is 1.42. The van der Waals surface area contributed by atoms with Crippen molar-refractivity contribution in [2.75, 3.05) is 23.8 Å². The molecule has 0 bridgehead atoms. The number of benzene rings is 3. The summed E-state index contributed by atoms with van der Waals surface area (Å²) in [5.41, 5.74) is 1.81. The summed E-state index contributed by atoms with van der Waals surface area (Å²) in [6, 6.07) is 23.2. The van der Waals surface area contributed by atoms with Gasteiger partial charge < -0.3 is 20.1 Å². The van der Waals surface area contributed by atoms with Gasteiger partial charge in [0.15, 0.2) is 5.11 Å². The number of ether oxygens (including phenoxy) is 2. The standard InChI is InChI=1S/C24H23N3O4S/c1-17(28)25-19-9-11-20(12-10-19)26-24(32)27-23(29)18-7-13-22(14-8-18)31-16-15-30-21-5-3-2-4-6-21/h2-14H,15-16H2,1H3,(H,25,28)(H2,26,27,29,32). The first-order valence-electron chi connectivity index (χ1n) is 9.90. The van der Waals surface area contributed by atoms with Crippen LogP contribution in [0.1, 0.15) is 17.3 Å². The molecule has 0 aliphatic carbocycles. The molecule has 2 amide bonds. The molecule has 3 N–H and O–H groups in total. The molecule has 0 atom stereocenters. The van der Waals surface area contributed by atoms with Crippen LogP contribution in [0, 0.1) is 0 Å². The first-order chi connectivity index (χ1) is 15.5. The van der Waals surface area contributed by atoms with E-state index >= 15 is 0 Å².